The summed E-state index contributed by atoms with van der Waals surface area (Å²) in [5.74, 6) is -2.87. The molecule has 14 heavy (non-hydrogen) atoms. The molecule has 0 aromatic rings. The van der Waals surface area contributed by atoms with Crippen molar-refractivity contribution < 1.29 is 32.9 Å². The molecule has 0 fully saturated rings. The van der Waals surface area contributed by atoms with Crippen molar-refractivity contribution in [3.8, 4) is 0 Å². The van der Waals surface area contributed by atoms with E-state index >= 15 is 0 Å². The maximum atomic E-state index is 9.34. The number of aliphatic hydroxyl groups excluding tert-OH is 2. The molecule has 2 N–H and O–H groups in total. The molecule has 0 saturated heterocycles. The average molecular weight is 245 g/mol. The van der Waals surface area contributed by atoms with Gasteiger partial charge in [0, 0.05) is 0 Å². The first kappa shape index (κ1) is 24.2. The van der Waals surface area contributed by atoms with Gasteiger partial charge in [0.1, 0.15) is 0 Å². The van der Waals surface area contributed by atoms with Gasteiger partial charge in [0.05, 0.1) is 24.1 Å². The zero-order chi connectivity index (χ0) is 10.3. The molecule has 0 heterocycles. The van der Waals surface area contributed by atoms with Gasteiger partial charge in [-0.25, -0.2) is 0 Å². The maximum Gasteiger partial charge on any atom is 2.00 e. The summed E-state index contributed by atoms with van der Waals surface area (Å²) in [6.45, 7) is 2.27. The average Bonchev–Trinajstić information content (AvgIpc) is 1.88. The zero-order valence-electron chi connectivity index (χ0n) is 10.1. The number of carbonyl (C=O) groups excluding carboxylic acids is 2. The van der Waals surface area contributed by atoms with Crippen LogP contribution in [0.5, 0.6) is 0 Å². The van der Waals surface area contributed by atoms with Crippen molar-refractivity contribution in [1.29, 1.82) is 0 Å². The van der Waals surface area contributed by atoms with Crippen molar-refractivity contribution in [2.24, 2.45) is 0 Å². The number of rotatable bonds is 2. The third kappa shape index (κ3) is 23.1. The number of hydrogen-bond donors (Lipinski definition) is 2. The quantitative estimate of drug-likeness (QED) is 0.474. The Bertz CT molecular complexity index is 151. The van der Waals surface area contributed by atoms with Crippen LogP contribution in [0.25, 0.3) is 0 Å². The van der Waals surface area contributed by atoms with Crippen LogP contribution in [0.2, 0.25) is 0 Å². The SMILES string of the molecule is CC(O)C(=O)[O-].CC(O)C(=O)[O-].[Ca+2].[H-].[H-].[Mg+2]. The topological polar surface area (TPSA) is 121 Å². The molecule has 8 heteroatoms. The monoisotopic (exact) mass is 244 g/mol. The van der Waals surface area contributed by atoms with Gasteiger partial charge in [-0.2, -0.15) is 0 Å². The minimum absolute atomic E-state index is 0. The van der Waals surface area contributed by atoms with Gasteiger partial charge in [0.15, 0.2) is 0 Å². The molecule has 0 aromatic heterocycles. The van der Waals surface area contributed by atoms with Crippen molar-refractivity contribution in [2.75, 3.05) is 0 Å². The molecule has 0 spiro atoms. The van der Waals surface area contributed by atoms with E-state index in [0.29, 0.717) is 0 Å². The van der Waals surface area contributed by atoms with Gasteiger partial charge in [-0.05, 0) is 13.8 Å². The predicted molar refractivity (Wildman–Crippen MR) is 47.1 cm³/mol. The first-order chi connectivity index (χ1) is 5.29. The number of carboxylic acids is 2. The molecular weight excluding hydrogens is 232 g/mol. The number of hydrogen-bond acceptors (Lipinski definition) is 6. The van der Waals surface area contributed by atoms with E-state index in [-0.39, 0.29) is 63.6 Å². The molecule has 0 aliphatic carbocycles. The smallest absolute Gasteiger partial charge is 1.00 e. The molecular formula is C6H12CaMgO6. The van der Waals surface area contributed by atoms with Crippen LogP contribution < -0.4 is 10.2 Å². The maximum absolute atomic E-state index is 9.34. The van der Waals surface area contributed by atoms with Gasteiger partial charge >= 0.3 is 60.8 Å². The summed E-state index contributed by atoms with van der Waals surface area (Å²) < 4.78 is 0. The van der Waals surface area contributed by atoms with Crippen LogP contribution in [0, 0.1) is 0 Å². The molecule has 6 nitrogen and oxygen atoms in total. The van der Waals surface area contributed by atoms with Gasteiger partial charge in [-0.1, -0.05) is 0 Å². The van der Waals surface area contributed by atoms with Gasteiger partial charge in [0.25, 0.3) is 0 Å². The van der Waals surface area contributed by atoms with E-state index in [9.17, 15) is 19.8 Å². The molecule has 0 amide bonds. The van der Waals surface area contributed by atoms with Crippen molar-refractivity contribution >= 4 is 72.7 Å². The van der Waals surface area contributed by atoms with Gasteiger partial charge in [-0.15, -0.1) is 0 Å². The molecule has 0 aliphatic rings. The number of carbonyl (C=O) groups is 2. The Hall–Kier alpha value is 0.886. The second kappa shape index (κ2) is 13.9. The van der Waals surface area contributed by atoms with Crippen LogP contribution in [0.4, 0.5) is 0 Å². The van der Waals surface area contributed by atoms with Gasteiger partial charge in [-0.3, -0.25) is 0 Å². The fourth-order valence-corrected chi connectivity index (χ4v) is 0. The van der Waals surface area contributed by atoms with E-state index in [1.807, 2.05) is 0 Å². The Kier molecular flexibility index (Phi) is 24.0. The van der Waals surface area contributed by atoms with Crippen molar-refractivity contribution in [2.45, 2.75) is 26.1 Å². The Morgan fingerprint density at radius 2 is 1.14 bits per heavy atom. The molecule has 0 rings (SSSR count). The summed E-state index contributed by atoms with van der Waals surface area (Å²) in [5, 5.41) is 34.6. The third-order valence-corrected chi connectivity index (χ3v) is 0.682. The fourth-order valence-electron chi connectivity index (χ4n) is 0. The van der Waals surface area contributed by atoms with E-state index in [2.05, 4.69) is 0 Å². The Balaban J connectivity index is -0.0000000250. The van der Waals surface area contributed by atoms with Gasteiger partial charge < -0.3 is 32.9 Å². The largest absolute Gasteiger partial charge is 2.00 e. The molecule has 2 unspecified atom stereocenters. The minimum atomic E-state index is -1.44. The summed E-state index contributed by atoms with van der Waals surface area (Å²) in [6, 6.07) is 0. The molecule has 0 aliphatic heterocycles. The van der Waals surface area contributed by atoms with Crippen LogP contribution in [-0.4, -0.2) is 95.2 Å². The second-order valence-corrected chi connectivity index (χ2v) is 1.99. The first-order valence-corrected chi connectivity index (χ1v) is 3.06. The minimum Gasteiger partial charge on any atom is -1.00 e. The summed E-state index contributed by atoms with van der Waals surface area (Å²) in [6.07, 6.45) is -2.69. The molecule has 76 valence electrons. The van der Waals surface area contributed by atoms with E-state index in [4.69, 9.17) is 10.2 Å². The standard InChI is InChI=1S/2C3H6O3.Ca.Mg.2H/c2*1-2(4)3(5)6;;;;/h2*2,4H,1H3,(H,5,6);;;;/q;;2*+2;2*-1/p-2. The van der Waals surface area contributed by atoms with Crippen LogP contribution >= 0.6 is 0 Å². The predicted octanol–water partition coefficient (Wildman–Crippen LogP) is -4.30. The normalized spacial score (nSPS) is 11.7. The Morgan fingerprint density at radius 3 is 1.14 bits per heavy atom. The third-order valence-electron chi connectivity index (χ3n) is 0.682. The summed E-state index contributed by atoms with van der Waals surface area (Å²) >= 11 is 0. The van der Waals surface area contributed by atoms with E-state index in [0.717, 1.165) is 13.8 Å². The number of carboxylic acid groups (broad SMARTS) is 2. The van der Waals surface area contributed by atoms with E-state index in [1.54, 1.807) is 0 Å². The van der Waals surface area contributed by atoms with Crippen molar-refractivity contribution in [3.05, 3.63) is 0 Å². The van der Waals surface area contributed by atoms with E-state index in [1.165, 1.54) is 0 Å². The van der Waals surface area contributed by atoms with Crippen molar-refractivity contribution in [3.63, 3.8) is 0 Å². The van der Waals surface area contributed by atoms with Gasteiger partial charge in [0.2, 0.25) is 0 Å². The summed E-state index contributed by atoms with van der Waals surface area (Å²) in [5.41, 5.74) is 0. The fraction of sp³-hybridized carbons (Fsp3) is 0.667. The first-order valence-electron chi connectivity index (χ1n) is 3.06. The Morgan fingerprint density at radius 1 is 1.07 bits per heavy atom. The summed E-state index contributed by atoms with van der Waals surface area (Å²) in [7, 11) is 0. The van der Waals surface area contributed by atoms with Crippen LogP contribution in [0.3, 0.4) is 0 Å². The van der Waals surface area contributed by atoms with E-state index < -0.39 is 24.1 Å². The second-order valence-electron chi connectivity index (χ2n) is 1.99. The molecule has 2 atom stereocenters. The molecule has 0 bridgehead atoms. The van der Waals surface area contributed by atoms with Crippen molar-refractivity contribution in [1.82, 2.24) is 0 Å². The zero-order valence-corrected chi connectivity index (χ0v) is 11.7. The number of aliphatic hydroxyl groups is 2. The molecule has 0 saturated carbocycles. The van der Waals surface area contributed by atoms with Crippen LogP contribution in [-0.2, 0) is 9.59 Å². The summed E-state index contributed by atoms with van der Waals surface area (Å²) in [4.78, 5) is 18.7. The molecule has 0 radical (unpaired) electrons. The van der Waals surface area contributed by atoms with Crippen LogP contribution in [0.15, 0.2) is 0 Å². The van der Waals surface area contributed by atoms with Crippen LogP contribution in [0.1, 0.15) is 16.7 Å². The number of aliphatic carboxylic acids is 2. The Labute approximate surface area is 130 Å². The molecule has 0 aromatic carbocycles.